The molecule has 0 radical (unpaired) electrons. The van der Waals surface area contributed by atoms with Gasteiger partial charge in [0.25, 0.3) is 11.8 Å². The molecule has 5 rings (SSSR count). The van der Waals surface area contributed by atoms with Crippen molar-refractivity contribution in [1.29, 1.82) is 0 Å². The fraction of sp³-hybridized carbons (Fsp3) is 0.448. The zero-order chi connectivity index (χ0) is 23.9. The van der Waals surface area contributed by atoms with E-state index in [4.69, 9.17) is 4.74 Å². The summed E-state index contributed by atoms with van der Waals surface area (Å²) < 4.78 is 6.32. The van der Waals surface area contributed by atoms with Crippen LogP contribution in [0.1, 0.15) is 77.9 Å². The van der Waals surface area contributed by atoms with Crippen molar-refractivity contribution < 1.29 is 14.3 Å². The van der Waals surface area contributed by atoms with E-state index in [1.807, 2.05) is 6.07 Å². The van der Waals surface area contributed by atoms with E-state index in [2.05, 4.69) is 55.7 Å². The lowest BCUT2D eigenvalue weighted by molar-refractivity contribution is -0.135. The highest BCUT2D eigenvalue weighted by Crippen LogP contribution is 2.35. The molecule has 184 valence electrons. The second kappa shape index (κ2) is 9.78. The maximum absolute atomic E-state index is 13.1. The van der Waals surface area contributed by atoms with Gasteiger partial charge in [-0.25, -0.2) is 0 Å². The summed E-state index contributed by atoms with van der Waals surface area (Å²) in [5.74, 6) is 6.38. The van der Waals surface area contributed by atoms with Crippen molar-refractivity contribution in [2.45, 2.75) is 63.7 Å². The molecule has 2 unspecified atom stereocenters. The molecular formula is C29H33ClN2O3. The molecule has 35 heavy (non-hydrogen) atoms. The number of hydrogen-bond donors (Lipinski definition) is 0. The van der Waals surface area contributed by atoms with Gasteiger partial charge >= 0.3 is 0 Å². The molecule has 6 heteroatoms. The van der Waals surface area contributed by atoms with Crippen LogP contribution in [0.5, 0.6) is 0 Å². The first kappa shape index (κ1) is 25.4. The monoisotopic (exact) mass is 492 g/mol. The minimum Gasteiger partial charge on any atom is -0.357 e. The lowest BCUT2D eigenvalue weighted by Gasteiger charge is -2.40. The van der Waals surface area contributed by atoms with E-state index < -0.39 is 5.60 Å². The average Bonchev–Trinajstić information content (AvgIpc) is 3.04. The molecule has 2 aromatic rings. The van der Waals surface area contributed by atoms with Gasteiger partial charge in [-0.15, -0.1) is 12.4 Å². The lowest BCUT2D eigenvalue weighted by Crippen LogP contribution is -2.44. The van der Waals surface area contributed by atoms with E-state index in [-0.39, 0.29) is 35.9 Å². The first-order valence-electron chi connectivity index (χ1n) is 12.2. The highest BCUT2D eigenvalue weighted by atomic mass is 35.5. The van der Waals surface area contributed by atoms with Gasteiger partial charge in [-0.2, -0.15) is 0 Å². The van der Waals surface area contributed by atoms with Gasteiger partial charge in [0.1, 0.15) is 5.60 Å². The summed E-state index contributed by atoms with van der Waals surface area (Å²) >= 11 is 0. The highest BCUT2D eigenvalue weighted by Gasteiger charge is 2.39. The normalized spacial score (nSPS) is 25.2. The Balaban J connectivity index is 0.00000289. The molecule has 0 N–H and O–H groups in total. The molecule has 0 saturated carbocycles. The molecule has 3 heterocycles. The van der Waals surface area contributed by atoms with Crippen LogP contribution in [0.2, 0.25) is 0 Å². The summed E-state index contributed by atoms with van der Waals surface area (Å²) in [7, 11) is 0. The Morgan fingerprint density at radius 2 is 1.63 bits per heavy atom. The number of benzene rings is 2. The summed E-state index contributed by atoms with van der Waals surface area (Å²) in [6, 6.07) is 15.3. The first-order chi connectivity index (χ1) is 16.3. The maximum atomic E-state index is 13.1. The van der Waals surface area contributed by atoms with E-state index in [1.54, 1.807) is 24.3 Å². The predicted molar refractivity (Wildman–Crippen MR) is 139 cm³/mol. The number of rotatable bonds is 3. The number of imide groups is 1. The van der Waals surface area contributed by atoms with Gasteiger partial charge in [-0.1, -0.05) is 48.2 Å². The van der Waals surface area contributed by atoms with Crippen LogP contribution in [0.15, 0.2) is 48.5 Å². The largest absolute Gasteiger partial charge is 0.357 e. The fourth-order valence-electron chi connectivity index (χ4n) is 5.66. The van der Waals surface area contributed by atoms with Crippen molar-refractivity contribution in [1.82, 2.24) is 9.80 Å². The first-order valence-corrected chi connectivity index (χ1v) is 12.2. The molecular weight excluding hydrogens is 460 g/mol. The van der Waals surface area contributed by atoms with Gasteiger partial charge in [-0.05, 0) is 69.7 Å². The molecule has 0 spiro atoms. The van der Waals surface area contributed by atoms with Crippen molar-refractivity contribution in [3.63, 3.8) is 0 Å². The lowest BCUT2D eigenvalue weighted by atomic mass is 9.88. The topological polar surface area (TPSA) is 49.9 Å². The van der Waals surface area contributed by atoms with Crippen molar-refractivity contribution in [2.24, 2.45) is 0 Å². The van der Waals surface area contributed by atoms with Crippen LogP contribution < -0.4 is 0 Å². The second-order valence-corrected chi connectivity index (χ2v) is 10.4. The number of hydrogen-bond acceptors (Lipinski definition) is 4. The van der Waals surface area contributed by atoms with Crippen LogP contribution in [-0.4, -0.2) is 52.5 Å². The predicted octanol–water partition coefficient (Wildman–Crippen LogP) is 5.05. The fourth-order valence-corrected chi connectivity index (χ4v) is 5.66. The van der Waals surface area contributed by atoms with Gasteiger partial charge in [0, 0.05) is 13.1 Å². The second-order valence-electron chi connectivity index (χ2n) is 10.4. The van der Waals surface area contributed by atoms with Crippen molar-refractivity contribution >= 4 is 24.2 Å². The molecule has 5 nitrogen and oxygen atoms in total. The summed E-state index contributed by atoms with van der Waals surface area (Å²) in [5, 5.41) is 0. The third-order valence-corrected chi connectivity index (χ3v) is 7.33. The summed E-state index contributed by atoms with van der Waals surface area (Å²) in [6.45, 7) is 8.08. The third kappa shape index (κ3) is 5.02. The van der Waals surface area contributed by atoms with E-state index >= 15 is 0 Å². The van der Waals surface area contributed by atoms with Crippen LogP contribution in [-0.2, 0) is 11.2 Å². The van der Waals surface area contributed by atoms with Crippen LogP contribution in [0, 0.1) is 11.8 Å². The van der Waals surface area contributed by atoms with Crippen molar-refractivity contribution in [3.05, 3.63) is 70.8 Å². The molecule has 0 aliphatic carbocycles. The van der Waals surface area contributed by atoms with Crippen LogP contribution >= 0.6 is 12.4 Å². The number of halogens is 1. The Kier molecular flexibility index (Phi) is 7.11. The van der Waals surface area contributed by atoms with Gasteiger partial charge in [0.05, 0.1) is 29.3 Å². The van der Waals surface area contributed by atoms with E-state index in [0.29, 0.717) is 24.2 Å². The molecule has 0 aromatic heterocycles. The van der Waals surface area contributed by atoms with E-state index in [9.17, 15) is 9.59 Å². The molecule has 1 fully saturated rings. The van der Waals surface area contributed by atoms with E-state index in [0.717, 1.165) is 32.2 Å². The standard InChI is InChI=1S/C29H32N2O3.ClH/c1-28(2)15-8-16-29(3,34-28)17-9-18-30-19-14-21-10-4-5-11-22(21)25(30)20-31-26(32)23-12-6-7-13-24(23)27(31)33;/h4-7,10-13,25H,8,14-16,18-20H2,1-3H3;1H. The Bertz CT molecular complexity index is 1160. The number of ether oxygens (including phenoxy) is 1. The summed E-state index contributed by atoms with van der Waals surface area (Å²) in [4.78, 5) is 29.8. The summed E-state index contributed by atoms with van der Waals surface area (Å²) in [6.07, 6.45) is 4.02. The Morgan fingerprint density at radius 1 is 0.971 bits per heavy atom. The molecule has 2 aromatic carbocycles. The van der Waals surface area contributed by atoms with Gasteiger partial charge in [-0.3, -0.25) is 19.4 Å². The third-order valence-electron chi connectivity index (χ3n) is 7.33. The highest BCUT2D eigenvalue weighted by molar-refractivity contribution is 6.21. The Labute approximate surface area is 214 Å². The zero-order valence-corrected chi connectivity index (χ0v) is 21.5. The Hall–Kier alpha value is -2.65. The molecule has 3 aliphatic heterocycles. The average molecular weight is 493 g/mol. The van der Waals surface area contributed by atoms with Crippen LogP contribution in [0.25, 0.3) is 0 Å². The quantitative estimate of drug-likeness (QED) is 0.444. The van der Waals surface area contributed by atoms with Gasteiger partial charge < -0.3 is 4.74 Å². The molecule has 3 aliphatic rings. The molecule has 2 atom stereocenters. The van der Waals surface area contributed by atoms with Crippen LogP contribution in [0.3, 0.4) is 0 Å². The number of amides is 2. The van der Waals surface area contributed by atoms with Crippen molar-refractivity contribution in [3.8, 4) is 11.8 Å². The van der Waals surface area contributed by atoms with Gasteiger partial charge in [0.15, 0.2) is 0 Å². The molecule has 0 bridgehead atoms. The Morgan fingerprint density at radius 3 is 2.31 bits per heavy atom. The SMILES string of the molecule is CC1(C)CCCC(C)(C#CCN2CCc3ccccc3C2CN2C(=O)c3ccccc3C2=O)O1.Cl. The number of carbonyl (C=O) groups excluding carboxylic acids is 2. The van der Waals surface area contributed by atoms with E-state index in [1.165, 1.54) is 16.0 Å². The maximum Gasteiger partial charge on any atom is 0.261 e. The zero-order valence-electron chi connectivity index (χ0n) is 20.7. The van der Waals surface area contributed by atoms with Gasteiger partial charge in [0.2, 0.25) is 0 Å². The number of carbonyl (C=O) groups is 2. The molecule has 1 saturated heterocycles. The minimum absolute atomic E-state index is 0. The van der Waals surface area contributed by atoms with Crippen LogP contribution in [0.4, 0.5) is 0 Å². The number of fused-ring (bicyclic) bond motifs is 2. The molecule has 2 amide bonds. The minimum atomic E-state index is -0.437. The smallest absolute Gasteiger partial charge is 0.261 e. The summed E-state index contributed by atoms with van der Waals surface area (Å²) in [5.41, 5.74) is 2.85. The number of nitrogens with zero attached hydrogens (tertiary/aromatic N) is 2. The van der Waals surface area contributed by atoms with Crippen molar-refractivity contribution in [2.75, 3.05) is 19.6 Å².